The fourth-order valence-electron chi connectivity index (χ4n) is 2.34. The molecule has 92 valence electrons. The topological polar surface area (TPSA) is 35.2 Å². The summed E-state index contributed by atoms with van der Waals surface area (Å²) in [6.45, 7) is 0. The second-order valence-electron chi connectivity index (χ2n) is 4.58. The van der Waals surface area contributed by atoms with Crippen LogP contribution in [-0.2, 0) is 12.8 Å². The Morgan fingerprint density at radius 1 is 1.00 bits per heavy atom. The van der Waals surface area contributed by atoms with Crippen LogP contribution in [0.25, 0.3) is 0 Å². The molecule has 0 atom stereocenters. The number of anilines is 1. The van der Waals surface area contributed by atoms with Crippen molar-refractivity contribution in [1.82, 2.24) is 0 Å². The molecule has 2 aromatic rings. The Balaban J connectivity index is 1.88. The van der Waals surface area contributed by atoms with Crippen LogP contribution < -0.4 is 10.5 Å². The number of rotatable bonds is 2. The quantitative estimate of drug-likeness (QED) is 0.652. The largest absolute Gasteiger partial charge is 0.456 e. The standard InChI is InChI=1S/C15H14INO/c16-14-9-12(17)5-7-15(14)18-13-6-4-10-2-1-3-11(10)8-13/h4-9H,1-3,17H2. The van der Waals surface area contributed by atoms with Gasteiger partial charge in [-0.25, -0.2) is 0 Å². The van der Waals surface area contributed by atoms with Gasteiger partial charge in [-0.1, -0.05) is 6.07 Å². The number of hydrogen-bond donors (Lipinski definition) is 1. The second-order valence-corrected chi connectivity index (χ2v) is 5.74. The minimum Gasteiger partial charge on any atom is -0.456 e. The van der Waals surface area contributed by atoms with Crippen molar-refractivity contribution in [2.24, 2.45) is 0 Å². The lowest BCUT2D eigenvalue weighted by Crippen LogP contribution is -1.91. The van der Waals surface area contributed by atoms with E-state index in [0.717, 1.165) is 20.8 Å². The number of ether oxygens (including phenoxy) is 1. The number of fused-ring (bicyclic) bond motifs is 1. The summed E-state index contributed by atoms with van der Waals surface area (Å²) in [7, 11) is 0. The van der Waals surface area contributed by atoms with Crippen molar-refractivity contribution in [3.63, 3.8) is 0 Å². The third kappa shape index (κ3) is 2.32. The summed E-state index contributed by atoms with van der Waals surface area (Å²) >= 11 is 2.24. The maximum Gasteiger partial charge on any atom is 0.140 e. The molecule has 0 amide bonds. The van der Waals surface area contributed by atoms with Gasteiger partial charge in [-0.3, -0.25) is 0 Å². The highest BCUT2D eigenvalue weighted by Crippen LogP contribution is 2.31. The number of nitrogens with two attached hydrogens (primary N) is 1. The normalized spacial score (nSPS) is 13.4. The van der Waals surface area contributed by atoms with E-state index in [0.29, 0.717) is 0 Å². The average Bonchev–Trinajstić information content (AvgIpc) is 2.80. The van der Waals surface area contributed by atoms with E-state index in [4.69, 9.17) is 10.5 Å². The van der Waals surface area contributed by atoms with Gasteiger partial charge >= 0.3 is 0 Å². The molecule has 2 N–H and O–H groups in total. The van der Waals surface area contributed by atoms with Crippen molar-refractivity contribution in [3.8, 4) is 11.5 Å². The molecule has 2 nitrogen and oxygen atoms in total. The number of nitrogen functional groups attached to an aromatic ring is 1. The van der Waals surface area contributed by atoms with E-state index in [-0.39, 0.29) is 0 Å². The van der Waals surface area contributed by atoms with Crippen LogP contribution in [0, 0.1) is 3.57 Å². The van der Waals surface area contributed by atoms with Gasteiger partial charge in [0.25, 0.3) is 0 Å². The molecule has 2 aromatic carbocycles. The highest BCUT2D eigenvalue weighted by atomic mass is 127. The Labute approximate surface area is 120 Å². The van der Waals surface area contributed by atoms with E-state index >= 15 is 0 Å². The zero-order valence-corrected chi connectivity index (χ0v) is 12.1. The molecule has 0 radical (unpaired) electrons. The van der Waals surface area contributed by atoms with Crippen LogP contribution in [0.2, 0.25) is 0 Å². The van der Waals surface area contributed by atoms with Gasteiger partial charge in [0.05, 0.1) is 3.57 Å². The Morgan fingerprint density at radius 2 is 1.83 bits per heavy atom. The van der Waals surface area contributed by atoms with E-state index in [9.17, 15) is 0 Å². The third-order valence-corrected chi connectivity index (χ3v) is 4.10. The summed E-state index contributed by atoms with van der Waals surface area (Å²) in [6, 6.07) is 12.1. The number of benzene rings is 2. The molecule has 18 heavy (non-hydrogen) atoms. The van der Waals surface area contributed by atoms with Gasteiger partial charge in [0.1, 0.15) is 11.5 Å². The molecule has 0 spiro atoms. The van der Waals surface area contributed by atoms with Gasteiger partial charge in [-0.15, -0.1) is 0 Å². The summed E-state index contributed by atoms with van der Waals surface area (Å²) in [5.41, 5.74) is 9.39. The summed E-state index contributed by atoms with van der Waals surface area (Å²) in [5, 5.41) is 0. The molecule has 0 aliphatic heterocycles. The molecular weight excluding hydrogens is 337 g/mol. The maximum atomic E-state index is 5.93. The van der Waals surface area contributed by atoms with Gasteiger partial charge < -0.3 is 10.5 Å². The monoisotopic (exact) mass is 351 g/mol. The van der Waals surface area contributed by atoms with Gasteiger partial charge in [-0.2, -0.15) is 0 Å². The minimum absolute atomic E-state index is 0.765. The maximum absolute atomic E-state index is 5.93. The number of hydrogen-bond acceptors (Lipinski definition) is 2. The van der Waals surface area contributed by atoms with Crippen LogP contribution >= 0.6 is 22.6 Å². The van der Waals surface area contributed by atoms with Crippen molar-refractivity contribution in [2.75, 3.05) is 5.73 Å². The van der Waals surface area contributed by atoms with Gasteiger partial charge in [0.2, 0.25) is 0 Å². The highest BCUT2D eigenvalue weighted by molar-refractivity contribution is 14.1. The molecule has 0 aromatic heterocycles. The van der Waals surface area contributed by atoms with E-state index in [1.807, 2.05) is 18.2 Å². The molecule has 0 fully saturated rings. The fourth-order valence-corrected chi connectivity index (χ4v) is 2.99. The number of aryl methyl sites for hydroxylation is 2. The van der Waals surface area contributed by atoms with Gasteiger partial charge in [-0.05, 0) is 83.3 Å². The summed E-state index contributed by atoms with van der Waals surface area (Å²) in [5.74, 6) is 1.78. The Bertz CT molecular complexity index is 595. The van der Waals surface area contributed by atoms with E-state index in [2.05, 4.69) is 40.8 Å². The van der Waals surface area contributed by atoms with Crippen LogP contribution in [0.4, 0.5) is 5.69 Å². The van der Waals surface area contributed by atoms with Crippen LogP contribution in [0.1, 0.15) is 17.5 Å². The second kappa shape index (κ2) is 4.80. The van der Waals surface area contributed by atoms with Crippen LogP contribution in [0.15, 0.2) is 36.4 Å². The van der Waals surface area contributed by atoms with Crippen molar-refractivity contribution in [3.05, 3.63) is 51.1 Å². The summed E-state index contributed by atoms with van der Waals surface area (Å²) in [6.07, 6.45) is 3.64. The zero-order chi connectivity index (χ0) is 12.5. The van der Waals surface area contributed by atoms with Crippen molar-refractivity contribution < 1.29 is 4.74 Å². The smallest absolute Gasteiger partial charge is 0.140 e. The lowest BCUT2D eigenvalue weighted by atomic mass is 10.1. The third-order valence-electron chi connectivity index (χ3n) is 3.25. The van der Waals surface area contributed by atoms with Gasteiger partial charge in [0, 0.05) is 5.69 Å². The zero-order valence-electron chi connectivity index (χ0n) is 9.95. The van der Waals surface area contributed by atoms with Crippen LogP contribution in [-0.4, -0.2) is 0 Å². The predicted octanol–water partition coefficient (Wildman–Crippen LogP) is 4.15. The van der Waals surface area contributed by atoms with Gasteiger partial charge in [0.15, 0.2) is 0 Å². The Hall–Kier alpha value is -1.23. The molecule has 1 aliphatic carbocycles. The fraction of sp³-hybridized carbons (Fsp3) is 0.200. The molecule has 3 heteroatoms. The Kier molecular flexibility index (Phi) is 3.16. The summed E-state index contributed by atoms with van der Waals surface area (Å²) in [4.78, 5) is 0. The van der Waals surface area contributed by atoms with E-state index in [1.165, 1.54) is 30.4 Å². The highest BCUT2D eigenvalue weighted by Gasteiger charge is 2.12. The molecular formula is C15H14INO. The molecule has 0 bridgehead atoms. The lowest BCUT2D eigenvalue weighted by Gasteiger charge is -2.09. The van der Waals surface area contributed by atoms with Crippen LogP contribution in [0.3, 0.4) is 0 Å². The van der Waals surface area contributed by atoms with E-state index in [1.54, 1.807) is 0 Å². The Morgan fingerprint density at radius 3 is 2.67 bits per heavy atom. The SMILES string of the molecule is Nc1ccc(Oc2ccc3c(c2)CCC3)c(I)c1. The average molecular weight is 351 g/mol. The lowest BCUT2D eigenvalue weighted by molar-refractivity contribution is 0.479. The van der Waals surface area contributed by atoms with E-state index < -0.39 is 0 Å². The van der Waals surface area contributed by atoms with Crippen molar-refractivity contribution in [1.29, 1.82) is 0 Å². The van der Waals surface area contributed by atoms with Crippen LogP contribution in [0.5, 0.6) is 11.5 Å². The van der Waals surface area contributed by atoms with Crippen molar-refractivity contribution >= 4 is 28.3 Å². The first-order chi connectivity index (χ1) is 8.72. The van der Waals surface area contributed by atoms with Crippen molar-refractivity contribution in [2.45, 2.75) is 19.3 Å². The molecule has 1 aliphatic rings. The molecule has 3 rings (SSSR count). The minimum atomic E-state index is 0.765. The molecule has 0 saturated heterocycles. The predicted molar refractivity (Wildman–Crippen MR) is 82.1 cm³/mol. The molecule has 0 heterocycles. The first-order valence-corrected chi connectivity index (χ1v) is 7.15. The first kappa shape index (κ1) is 11.8. The summed E-state index contributed by atoms with van der Waals surface area (Å²) < 4.78 is 6.96. The number of halogens is 1. The molecule has 0 saturated carbocycles. The molecule has 0 unspecified atom stereocenters. The first-order valence-electron chi connectivity index (χ1n) is 6.07.